The highest BCUT2D eigenvalue weighted by molar-refractivity contribution is 5.61. The number of anilines is 1. The molecule has 0 bridgehead atoms. The van der Waals surface area contributed by atoms with Crippen LogP contribution in [0.2, 0.25) is 0 Å². The second kappa shape index (κ2) is 5.92. The summed E-state index contributed by atoms with van der Waals surface area (Å²) in [5, 5.41) is 15.2. The zero-order chi connectivity index (χ0) is 16.4. The van der Waals surface area contributed by atoms with Crippen molar-refractivity contribution < 1.29 is 4.92 Å². The van der Waals surface area contributed by atoms with Gasteiger partial charge >= 0.3 is 0 Å². The molecule has 116 valence electrons. The van der Waals surface area contributed by atoms with Crippen LogP contribution in [0, 0.1) is 10.1 Å². The van der Waals surface area contributed by atoms with Gasteiger partial charge < -0.3 is 4.90 Å². The SMILES string of the molecule is CN(C)c1ccc(-n2ccc(-c3ccc([N+](=O)[O-])cc3)n2)cc1. The fraction of sp³-hybridized carbons (Fsp3) is 0.118. The molecule has 23 heavy (non-hydrogen) atoms. The van der Waals surface area contributed by atoms with E-state index in [1.807, 2.05) is 55.5 Å². The van der Waals surface area contributed by atoms with Crippen molar-refractivity contribution in [2.45, 2.75) is 0 Å². The number of hydrogen-bond acceptors (Lipinski definition) is 4. The molecule has 0 radical (unpaired) electrons. The number of rotatable bonds is 4. The number of nitrogens with zero attached hydrogens (tertiary/aromatic N) is 4. The van der Waals surface area contributed by atoms with Gasteiger partial charge in [-0.15, -0.1) is 0 Å². The average Bonchev–Trinajstić information content (AvgIpc) is 3.05. The van der Waals surface area contributed by atoms with Gasteiger partial charge in [0.1, 0.15) is 0 Å². The van der Waals surface area contributed by atoms with Crippen molar-refractivity contribution in [3.05, 3.63) is 70.9 Å². The van der Waals surface area contributed by atoms with Gasteiger partial charge in [-0.2, -0.15) is 5.10 Å². The molecule has 1 aromatic heterocycles. The first-order chi connectivity index (χ1) is 11.0. The molecular weight excluding hydrogens is 292 g/mol. The zero-order valence-electron chi connectivity index (χ0n) is 12.9. The number of hydrogen-bond donors (Lipinski definition) is 0. The summed E-state index contributed by atoms with van der Waals surface area (Å²) in [6, 6.07) is 16.3. The van der Waals surface area contributed by atoms with Crippen molar-refractivity contribution >= 4 is 11.4 Å². The molecule has 0 fully saturated rings. The lowest BCUT2D eigenvalue weighted by atomic mass is 10.1. The average molecular weight is 308 g/mol. The predicted molar refractivity (Wildman–Crippen MR) is 90.0 cm³/mol. The molecule has 6 heteroatoms. The lowest BCUT2D eigenvalue weighted by molar-refractivity contribution is -0.384. The van der Waals surface area contributed by atoms with Gasteiger partial charge in [0.05, 0.1) is 16.3 Å². The van der Waals surface area contributed by atoms with Gasteiger partial charge in [-0.3, -0.25) is 10.1 Å². The third kappa shape index (κ3) is 3.06. The third-order valence-corrected chi connectivity index (χ3v) is 3.59. The van der Waals surface area contributed by atoms with Crippen molar-refractivity contribution in [1.82, 2.24) is 9.78 Å². The number of benzene rings is 2. The smallest absolute Gasteiger partial charge is 0.269 e. The van der Waals surface area contributed by atoms with Crippen LogP contribution in [0.3, 0.4) is 0 Å². The Morgan fingerprint density at radius 2 is 1.65 bits per heavy atom. The maximum absolute atomic E-state index is 10.7. The van der Waals surface area contributed by atoms with E-state index in [9.17, 15) is 10.1 Å². The van der Waals surface area contributed by atoms with E-state index < -0.39 is 4.92 Å². The maximum atomic E-state index is 10.7. The van der Waals surface area contributed by atoms with E-state index in [1.165, 1.54) is 12.1 Å². The minimum Gasteiger partial charge on any atom is -0.378 e. The number of nitro benzene ring substituents is 1. The molecule has 0 amide bonds. The summed E-state index contributed by atoms with van der Waals surface area (Å²) in [5.74, 6) is 0. The minimum atomic E-state index is -0.408. The summed E-state index contributed by atoms with van der Waals surface area (Å²) >= 11 is 0. The summed E-state index contributed by atoms with van der Waals surface area (Å²) in [7, 11) is 3.99. The highest BCUT2D eigenvalue weighted by atomic mass is 16.6. The van der Waals surface area contributed by atoms with Gasteiger partial charge in [-0.25, -0.2) is 4.68 Å². The van der Waals surface area contributed by atoms with Crippen molar-refractivity contribution in [3.63, 3.8) is 0 Å². The molecule has 0 saturated carbocycles. The molecule has 0 aliphatic heterocycles. The Labute approximate surface area is 133 Å². The van der Waals surface area contributed by atoms with Gasteiger partial charge in [0.15, 0.2) is 0 Å². The van der Waals surface area contributed by atoms with E-state index in [4.69, 9.17) is 0 Å². The Morgan fingerprint density at radius 3 is 2.22 bits per heavy atom. The fourth-order valence-electron chi connectivity index (χ4n) is 2.28. The third-order valence-electron chi connectivity index (χ3n) is 3.59. The Bertz CT molecular complexity index is 821. The molecule has 1 heterocycles. The molecule has 0 N–H and O–H groups in total. The second-order valence-corrected chi connectivity index (χ2v) is 5.36. The second-order valence-electron chi connectivity index (χ2n) is 5.36. The zero-order valence-corrected chi connectivity index (χ0v) is 12.9. The Hall–Kier alpha value is -3.15. The molecule has 0 saturated heterocycles. The van der Waals surface area contributed by atoms with Crippen molar-refractivity contribution in [2.24, 2.45) is 0 Å². The Balaban J connectivity index is 1.86. The Kier molecular flexibility index (Phi) is 3.80. The molecule has 0 aliphatic rings. The normalized spacial score (nSPS) is 10.5. The fourth-order valence-corrected chi connectivity index (χ4v) is 2.28. The van der Waals surface area contributed by atoms with Crippen LogP contribution in [-0.4, -0.2) is 28.8 Å². The van der Waals surface area contributed by atoms with E-state index >= 15 is 0 Å². The van der Waals surface area contributed by atoms with Crippen LogP contribution in [0.1, 0.15) is 0 Å². The molecule has 6 nitrogen and oxygen atoms in total. The largest absolute Gasteiger partial charge is 0.378 e. The van der Waals surface area contributed by atoms with Gasteiger partial charge in [0.25, 0.3) is 5.69 Å². The van der Waals surface area contributed by atoms with Gasteiger partial charge in [-0.05, 0) is 42.5 Å². The van der Waals surface area contributed by atoms with Gasteiger partial charge in [0, 0.05) is 43.7 Å². The number of aromatic nitrogens is 2. The lowest BCUT2D eigenvalue weighted by Crippen LogP contribution is -2.08. The first-order valence-electron chi connectivity index (χ1n) is 7.13. The molecule has 3 rings (SSSR count). The van der Waals surface area contributed by atoms with Crippen molar-refractivity contribution in [2.75, 3.05) is 19.0 Å². The summed E-state index contributed by atoms with van der Waals surface area (Å²) < 4.78 is 1.79. The summed E-state index contributed by atoms with van der Waals surface area (Å²) in [6.45, 7) is 0. The van der Waals surface area contributed by atoms with Crippen LogP contribution in [-0.2, 0) is 0 Å². The van der Waals surface area contributed by atoms with Crippen LogP contribution in [0.4, 0.5) is 11.4 Å². The van der Waals surface area contributed by atoms with Crippen molar-refractivity contribution in [1.29, 1.82) is 0 Å². The van der Waals surface area contributed by atoms with Gasteiger partial charge in [0.2, 0.25) is 0 Å². The molecule has 0 spiro atoms. The standard InChI is InChI=1S/C17H16N4O2/c1-19(2)14-7-9-15(10-8-14)20-12-11-17(18-20)13-3-5-16(6-4-13)21(22)23/h3-12H,1-2H3. The number of non-ortho nitro benzene ring substituents is 1. The monoisotopic (exact) mass is 308 g/mol. The van der Waals surface area contributed by atoms with Crippen LogP contribution < -0.4 is 4.90 Å². The van der Waals surface area contributed by atoms with E-state index in [1.54, 1.807) is 16.8 Å². The van der Waals surface area contributed by atoms with E-state index in [0.717, 1.165) is 22.6 Å². The highest BCUT2D eigenvalue weighted by Crippen LogP contribution is 2.22. The summed E-state index contributed by atoms with van der Waals surface area (Å²) in [5.41, 5.74) is 3.78. The summed E-state index contributed by atoms with van der Waals surface area (Å²) in [4.78, 5) is 12.3. The molecule has 3 aromatic rings. The van der Waals surface area contributed by atoms with E-state index in [0.29, 0.717) is 0 Å². The minimum absolute atomic E-state index is 0.0763. The van der Waals surface area contributed by atoms with Crippen LogP contribution >= 0.6 is 0 Å². The van der Waals surface area contributed by atoms with Crippen LogP contribution in [0.15, 0.2) is 60.8 Å². The predicted octanol–water partition coefficient (Wildman–Crippen LogP) is 3.51. The molecule has 0 atom stereocenters. The quantitative estimate of drug-likeness (QED) is 0.546. The van der Waals surface area contributed by atoms with E-state index in [2.05, 4.69) is 5.10 Å². The van der Waals surface area contributed by atoms with E-state index in [-0.39, 0.29) is 5.69 Å². The molecule has 0 aliphatic carbocycles. The molecule has 0 unspecified atom stereocenters. The maximum Gasteiger partial charge on any atom is 0.269 e. The van der Waals surface area contributed by atoms with Gasteiger partial charge in [-0.1, -0.05) is 0 Å². The van der Waals surface area contributed by atoms with Crippen molar-refractivity contribution in [3.8, 4) is 16.9 Å². The first kappa shape index (κ1) is 14.8. The highest BCUT2D eigenvalue weighted by Gasteiger charge is 2.08. The molecular formula is C17H16N4O2. The first-order valence-corrected chi connectivity index (χ1v) is 7.13. The van der Waals surface area contributed by atoms with Crippen LogP contribution in [0.25, 0.3) is 16.9 Å². The topological polar surface area (TPSA) is 64.2 Å². The number of nitro groups is 1. The van der Waals surface area contributed by atoms with Crippen LogP contribution in [0.5, 0.6) is 0 Å². The summed E-state index contributed by atoms with van der Waals surface area (Å²) in [6.07, 6.45) is 1.88. The lowest BCUT2D eigenvalue weighted by Gasteiger charge is -2.12. The molecule has 2 aromatic carbocycles. The Morgan fingerprint density at radius 1 is 1.00 bits per heavy atom.